The van der Waals surface area contributed by atoms with Crippen LogP contribution in [-0.2, 0) is 9.84 Å². The van der Waals surface area contributed by atoms with Crippen molar-refractivity contribution in [3.63, 3.8) is 0 Å². The zero-order valence-electron chi connectivity index (χ0n) is 18.2. The number of benzene rings is 2. The van der Waals surface area contributed by atoms with Gasteiger partial charge in [-0.25, -0.2) is 13.4 Å². The lowest BCUT2D eigenvalue weighted by atomic mass is 10.2. The molecule has 3 aromatic rings. The number of anilines is 1. The van der Waals surface area contributed by atoms with E-state index in [9.17, 15) is 13.2 Å². The monoisotopic (exact) mass is 528 g/mol. The van der Waals surface area contributed by atoms with Crippen LogP contribution in [0.5, 0.6) is 0 Å². The Morgan fingerprint density at radius 3 is 2.48 bits per heavy atom. The summed E-state index contributed by atoms with van der Waals surface area (Å²) in [5, 5.41) is 4.66. The van der Waals surface area contributed by atoms with Gasteiger partial charge in [-0.3, -0.25) is 9.69 Å². The number of sulfone groups is 1. The number of aromatic nitrogens is 1. The second-order valence-electron chi connectivity index (χ2n) is 7.62. The fourth-order valence-corrected chi connectivity index (χ4v) is 5.77. The van der Waals surface area contributed by atoms with Crippen molar-refractivity contribution >= 4 is 66.4 Å². The van der Waals surface area contributed by atoms with E-state index in [1.54, 1.807) is 30.4 Å². The molecule has 1 fully saturated rings. The average Bonchev–Trinajstić information content (AvgIpc) is 3.22. The standard InChI is InChI=1S/C22H25ClN4O3S2.ClH/c1-2-32(29,30)18-6-3-16(4-7-18)21(28)24-9-10-26-11-13-27(14-12-26)22-25-19-8-5-17(23)15-20(19)31-22;/h3-8,15H,2,9-14H2,1H3,(H,24,28);1H. The number of piperazine rings is 1. The Bertz CT molecular complexity index is 1210. The van der Waals surface area contributed by atoms with Gasteiger partial charge in [0.1, 0.15) is 0 Å². The van der Waals surface area contributed by atoms with Crippen molar-refractivity contribution < 1.29 is 13.2 Å². The Morgan fingerprint density at radius 2 is 1.82 bits per heavy atom. The highest BCUT2D eigenvalue weighted by Crippen LogP contribution is 2.31. The van der Waals surface area contributed by atoms with Gasteiger partial charge in [0.15, 0.2) is 15.0 Å². The Kier molecular flexibility index (Phi) is 8.58. The minimum absolute atomic E-state index is 0. The first-order chi connectivity index (χ1) is 15.4. The van der Waals surface area contributed by atoms with E-state index >= 15 is 0 Å². The van der Waals surface area contributed by atoms with E-state index in [1.165, 1.54) is 12.1 Å². The van der Waals surface area contributed by atoms with Gasteiger partial charge in [0.2, 0.25) is 0 Å². The normalized spacial score (nSPS) is 14.8. The summed E-state index contributed by atoms with van der Waals surface area (Å²) in [6, 6.07) is 11.9. The van der Waals surface area contributed by atoms with Gasteiger partial charge in [-0.15, -0.1) is 12.4 Å². The highest BCUT2D eigenvalue weighted by molar-refractivity contribution is 7.91. The van der Waals surface area contributed by atoms with E-state index in [-0.39, 0.29) is 29.0 Å². The number of hydrogen-bond donors (Lipinski definition) is 1. The largest absolute Gasteiger partial charge is 0.351 e. The number of thiazole rings is 1. The van der Waals surface area contributed by atoms with E-state index in [0.717, 1.165) is 53.1 Å². The second-order valence-corrected chi connectivity index (χ2v) is 11.3. The Labute approximate surface area is 209 Å². The number of carbonyl (C=O) groups is 1. The van der Waals surface area contributed by atoms with Crippen LogP contribution < -0.4 is 10.2 Å². The maximum Gasteiger partial charge on any atom is 0.251 e. The first-order valence-corrected chi connectivity index (χ1v) is 13.3. The third-order valence-electron chi connectivity index (χ3n) is 5.55. The molecule has 7 nitrogen and oxygen atoms in total. The van der Waals surface area contributed by atoms with Crippen molar-refractivity contribution in [3.05, 3.63) is 53.1 Å². The van der Waals surface area contributed by atoms with E-state index in [4.69, 9.17) is 16.6 Å². The third kappa shape index (κ3) is 6.16. The van der Waals surface area contributed by atoms with Crippen LogP contribution in [0.25, 0.3) is 10.2 Å². The molecule has 2 aromatic carbocycles. The van der Waals surface area contributed by atoms with Crippen LogP contribution in [0.1, 0.15) is 17.3 Å². The molecule has 33 heavy (non-hydrogen) atoms. The molecule has 1 aromatic heterocycles. The lowest BCUT2D eigenvalue weighted by molar-refractivity contribution is 0.0947. The number of halogens is 2. The molecule has 1 amide bonds. The summed E-state index contributed by atoms with van der Waals surface area (Å²) in [6.07, 6.45) is 0. The second kappa shape index (κ2) is 11.0. The molecule has 0 atom stereocenters. The quantitative estimate of drug-likeness (QED) is 0.503. The van der Waals surface area contributed by atoms with Crippen LogP contribution in [0.4, 0.5) is 5.13 Å². The number of rotatable bonds is 7. The molecule has 0 saturated carbocycles. The van der Waals surface area contributed by atoms with Crippen LogP contribution in [0, 0.1) is 0 Å². The Balaban J connectivity index is 0.00000306. The van der Waals surface area contributed by atoms with Gasteiger partial charge in [0.05, 0.1) is 20.9 Å². The maximum atomic E-state index is 12.4. The molecule has 0 bridgehead atoms. The summed E-state index contributed by atoms with van der Waals surface area (Å²) in [5.74, 6) is -0.156. The van der Waals surface area contributed by atoms with Crippen LogP contribution in [-0.4, -0.2) is 69.2 Å². The summed E-state index contributed by atoms with van der Waals surface area (Å²) in [5.41, 5.74) is 1.43. The number of carbonyl (C=O) groups excluding carboxylic acids is 1. The molecule has 1 aliphatic rings. The van der Waals surface area contributed by atoms with Crippen LogP contribution in [0.15, 0.2) is 47.4 Å². The highest BCUT2D eigenvalue weighted by atomic mass is 35.5. The van der Waals surface area contributed by atoms with E-state index < -0.39 is 9.84 Å². The van der Waals surface area contributed by atoms with E-state index in [0.29, 0.717) is 12.1 Å². The molecule has 1 aliphatic heterocycles. The fourth-order valence-electron chi connectivity index (χ4n) is 3.59. The first kappa shape index (κ1) is 25.7. The minimum Gasteiger partial charge on any atom is -0.351 e. The molecule has 0 aliphatic carbocycles. The number of hydrogen-bond acceptors (Lipinski definition) is 7. The SMILES string of the molecule is CCS(=O)(=O)c1ccc(C(=O)NCCN2CCN(c3nc4ccc(Cl)cc4s3)CC2)cc1.Cl. The number of amides is 1. The zero-order valence-corrected chi connectivity index (χ0v) is 21.4. The molecule has 0 radical (unpaired) electrons. The average molecular weight is 530 g/mol. The molecule has 1 N–H and O–H groups in total. The maximum absolute atomic E-state index is 12.4. The van der Waals surface area contributed by atoms with Gasteiger partial charge >= 0.3 is 0 Å². The fraction of sp³-hybridized carbons (Fsp3) is 0.364. The molecule has 0 spiro atoms. The smallest absolute Gasteiger partial charge is 0.251 e. The molecule has 178 valence electrons. The van der Waals surface area contributed by atoms with Crippen LogP contribution in [0.2, 0.25) is 5.02 Å². The van der Waals surface area contributed by atoms with Crippen LogP contribution >= 0.6 is 35.3 Å². The van der Waals surface area contributed by atoms with Crippen molar-refractivity contribution in [2.45, 2.75) is 11.8 Å². The summed E-state index contributed by atoms with van der Waals surface area (Å²) < 4.78 is 24.9. The predicted molar refractivity (Wildman–Crippen MR) is 137 cm³/mol. The summed E-state index contributed by atoms with van der Waals surface area (Å²) in [6.45, 7) is 6.46. The number of nitrogens with one attached hydrogen (secondary N) is 1. The van der Waals surface area contributed by atoms with Crippen molar-refractivity contribution in [1.82, 2.24) is 15.2 Å². The van der Waals surface area contributed by atoms with E-state index in [2.05, 4.69) is 15.1 Å². The topological polar surface area (TPSA) is 82.6 Å². The highest BCUT2D eigenvalue weighted by Gasteiger charge is 2.20. The molecule has 4 rings (SSSR count). The molecule has 2 heterocycles. The van der Waals surface area contributed by atoms with Gasteiger partial charge in [-0.05, 0) is 42.5 Å². The van der Waals surface area contributed by atoms with Crippen molar-refractivity contribution in [3.8, 4) is 0 Å². The van der Waals surface area contributed by atoms with Crippen molar-refractivity contribution in [2.75, 3.05) is 49.9 Å². The summed E-state index contributed by atoms with van der Waals surface area (Å²) in [4.78, 5) is 21.9. The molecular weight excluding hydrogens is 503 g/mol. The Morgan fingerprint density at radius 1 is 1.12 bits per heavy atom. The minimum atomic E-state index is -3.26. The van der Waals surface area contributed by atoms with Gasteiger partial charge in [-0.2, -0.15) is 0 Å². The predicted octanol–water partition coefficient (Wildman–Crippen LogP) is 3.72. The lowest BCUT2D eigenvalue weighted by Gasteiger charge is -2.34. The number of nitrogens with zero attached hydrogens (tertiary/aromatic N) is 3. The van der Waals surface area contributed by atoms with Crippen molar-refractivity contribution in [1.29, 1.82) is 0 Å². The van der Waals surface area contributed by atoms with Gasteiger partial charge < -0.3 is 10.2 Å². The third-order valence-corrected chi connectivity index (χ3v) is 8.62. The summed E-state index contributed by atoms with van der Waals surface area (Å²) in [7, 11) is -3.26. The molecular formula is C22H26Cl2N4O3S2. The van der Waals surface area contributed by atoms with E-state index in [1.807, 2.05) is 18.2 Å². The van der Waals surface area contributed by atoms with Crippen molar-refractivity contribution in [2.24, 2.45) is 0 Å². The zero-order chi connectivity index (χ0) is 22.7. The lowest BCUT2D eigenvalue weighted by Crippen LogP contribution is -2.48. The van der Waals surface area contributed by atoms with Gasteiger partial charge in [0.25, 0.3) is 5.91 Å². The van der Waals surface area contributed by atoms with Crippen LogP contribution in [0.3, 0.4) is 0 Å². The van der Waals surface area contributed by atoms with Gasteiger partial charge in [0, 0.05) is 49.9 Å². The Hall–Kier alpha value is -1.91. The van der Waals surface area contributed by atoms with Gasteiger partial charge in [-0.1, -0.05) is 29.9 Å². The molecule has 1 saturated heterocycles. The molecule has 0 unspecified atom stereocenters. The summed E-state index contributed by atoms with van der Waals surface area (Å²) >= 11 is 7.74. The molecule has 11 heteroatoms. The number of fused-ring (bicyclic) bond motifs is 1. The first-order valence-electron chi connectivity index (χ1n) is 10.5.